The molecule has 2 rings (SSSR count). The summed E-state index contributed by atoms with van der Waals surface area (Å²) in [6.45, 7) is 2.79. The van der Waals surface area contributed by atoms with Crippen molar-refractivity contribution in [1.82, 2.24) is 10.2 Å². The van der Waals surface area contributed by atoms with E-state index in [1.807, 2.05) is 0 Å². The summed E-state index contributed by atoms with van der Waals surface area (Å²) >= 11 is 0. The number of nitrogens with zero attached hydrogens (tertiary/aromatic N) is 1. The number of hydrogen-bond acceptors (Lipinski definition) is 4. The van der Waals surface area contributed by atoms with Crippen LogP contribution in [-0.4, -0.2) is 55.1 Å². The molecule has 0 aliphatic carbocycles. The van der Waals surface area contributed by atoms with Crippen molar-refractivity contribution in [3.8, 4) is 0 Å². The number of amides is 2. The lowest BCUT2D eigenvalue weighted by Gasteiger charge is -2.35. The number of carbonyl (C=O) groups is 2. The van der Waals surface area contributed by atoms with E-state index in [-0.39, 0.29) is 24.4 Å². The largest absolute Gasteiger partial charge is 0.375 e. The van der Waals surface area contributed by atoms with Gasteiger partial charge in [-0.2, -0.15) is 0 Å². The Labute approximate surface area is 119 Å². The number of nitrogens with two attached hydrogens (primary N) is 1. The molecule has 0 bridgehead atoms. The van der Waals surface area contributed by atoms with Crippen LogP contribution in [0.1, 0.15) is 25.7 Å². The van der Waals surface area contributed by atoms with Gasteiger partial charge in [-0.05, 0) is 19.3 Å². The molecule has 0 saturated carbocycles. The Morgan fingerprint density at radius 2 is 2.16 bits per heavy atom. The maximum Gasteiger partial charge on any atom is 0.240 e. The highest BCUT2D eigenvalue weighted by atomic mass is 35.5. The number of nitrogens with one attached hydrogen (secondary N) is 1. The maximum atomic E-state index is 12.2. The van der Waals surface area contributed by atoms with Crippen LogP contribution in [-0.2, 0) is 14.3 Å². The van der Waals surface area contributed by atoms with Gasteiger partial charge in [-0.25, -0.2) is 0 Å². The zero-order valence-electron chi connectivity index (χ0n) is 11.0. The second-order valence-electron chi connectivity index (χ2n) is 4.90. The van der Waals surface area contributed by atoms with Gasteiger partial charge < -0.3 is 20.7 Å². The molecule has 110 valence electrons. The molecule has 2 aliphatic rings. The molecular formula is C12H22ClN3O3. The molecule has 0 aromatic heterocycles. The Morgan fingerprint density at radius 3 is 2.79 bits per heavy atom. The van der Waals surface area contributed by atoms with Crippen molar-refractivity contribution in [3.63, 3.8) is 0 Å². The maximum absolute atomic E-state index is 12.2. The van der Waals surface area contributed by atoms with Crippen molar-refractivity contribution >= 4 is 24.2 Å². The van der Waals surface area contributed by atoms with Gasteiger partial charge in [-0.3, -0.25) is 9.59 Å². The summed E-state index contributed by atoms with van der Waals surface area (Å²) in [5, 5.41) is 3.19. The second-order valence-corrected chi connectivity index (χ2v) is 4.90. The first-order valence-electron chi connectivity index (χ1n) is 6.59. The fourth-order valence-electron chi connectivity index (χ4n) is 2.59. The monoisotopic (exact) mass is 291 g/mol. The molecule has 3 N–H and O–H groups in total. The lowest BCUT2D eigenvalue weighted by molar-refractivity contribution is -0.143. The lowest BCUT2D eigenvalue weighted by atomic mass is 10.0. The summed E-state index contributed by atoms with van der Waals surface area (Å²) in [7, 11) is 0. The molecule has 0 spiro atoms. The second kappa shape index (κ2) is 7.67. The minimum absolute atomic E-state index is 0. The molecule has 0 aromatic rings. The Balaban J connectivity index is 0.00000180. The Hall–Kier alpha value is -0.850. The summed E-state index contributed by atoms with van der Waals surface area (Å²) in [6.07, 6.45) is 2.83. The fourth-order valence-corrected chi connectivity index (χ4v) is 2.59. The first-order valence-corrected chi connectivity index (χ1v) is 6.59. The summed E-state index contributed by atoms with van der Waals surface area (Å²) in [4.78, 5) is 25.2. The molecule has 2 heterocycles. The highest BCUT2D eigenvalue weighted by molar-refractivity contribution is 5.87. The number of carbonyl (C=O) groups excluding carboxylic acids is 2. The standard InChI is InChI=1S/C12H21N3O3.ClH/c13-12(17)10-3-1-2-5-15(10)11(16)7-9-8-14-4-6-18-9;/h9-10,14H,1-8H2,(H2,13,17);1H. The van der Waals surface area contributed by atoms with Gasteiger partial charge in [0.1, 0.15) is 6.04 Å². The Kier molecular flexibility index (Phi) is 6.54. The summed E-state index contributed by atoms with van der Waals surface area (Å²) < 4.78 is 5.51. The van der Waals surface area contributed by atoms with Crippen LogP contribution in [0.25, 0.3) is 0 Å². The van der Waals surface area contributed by atoms with E-state index >= 15 is 0 Å². The first-order chi connectivity index (χ1) is 8.68. The van der Waals surface area contributed by atoms with Crippen molar-refractivity contribution in [3.05, 3.63) is 0 Å². The zero-order chi connectivity index (χ0) is 13.0. The van der Waals surface area contributed by atoms with E-state index in [4.69, 9.17) is 10.5 Å². The Bertz CT molecular complexity index is 321. The smallest absolute Gasteiger partial charge is 0.240 e. The van der Waals surface area contributed by atoms with E-state index in [1.54, 1.807) is 4.90 Å². The van der Waals surface area contributed by atoms with Crippen molar-refractivity contribution in [1.29, 1.82) is 0 Å². The van der Waals surface area contributed by atoms with Crippen molar-refractivity contribution < 1.29 is 14.3 Å². The van der Waals surface area contributed by atoms with Crippen LogP contribution in [0.3, 0.4) is 0 Å². The SMILES string of the molecule is Cl.NC(=O)C1CCCCN1C(=O)CC1CNCCO1. The topological polar surface area (TPSA) is 84.7 Å². The number of morpholine rings is 1. The quantitative estimate of drug-likeness (QED) is 0.745. The van der Waals surface area contributed by atoms with Crippen LogP contribution >= 0.6 is 12.4 Å². The molecule has 19 heavy (non-hydrogen) atoms. The third-order valence-electron chi connectivity index (χ3n) is 3.56. The van der Waals surface area contributed by atoms with Gasteiger partial charge in [0, 0.05) is 19.6 Å². The predicted molar refractivity (Wildman–Crippen MR) is 73.0 cm³/mol. The highest BCUT2D eigenvalue weighted by Crippen LogP contribution is 2.18. The molecule has 0 aromatic carbocycles. The van der Waals surface area contributed by atoms with Crippen LogP contribution in [0.5, 0.6) is 0 Å². The molecule has 2 saturated heterocycles. The van der Waals surface area contributed by atoms with Crippen LogP contribution in [0, 0.1) is 0 Å². The molecule has 0 radical (unpaired) electrons. The minimum atomic E-state index is -0.428. The summed E-state index contributed by atoms with van der Waals surface area (Å²) in [5.74, 6) is -0.419. The molecular weight excluding hydrogens is 270 g/mol. The van der Waals surface area contributed by atoms with Crippen molar-refractivity contribution in [2.75, 3.05) is 26.2 Å². The molecule has 2 amide bonds. The lowest BCUT2D eigenvalue weighted by Crippen LogP contribution is -2.52. The normalized spacial score (nSPS) is 27.5. The highest BCUT2D eigenvalue weighted by Gasteiger charge is 2.31. The van der Waals surface area contributed by atoms with Gasteiger partial charge in [0.15, 0.2) is 0 Å². The molecule has 2 aliphatic heterocycles. The first kappa shape index (κ1) is 16.2. The van der Waals surface area contributed by atoms with E-state index in [9.17, 15) is 9.59 Å². The summed E-state index contributed by atoms with van der Waals surface area (Å²) in [6, 6.07) is -0.428. The number of rotatable bonds is 3. The number of piperidine rings is 1. The molecule has 2 fully saturated rings. The zero-order valence-corrected chi connectivity index (χ0v) is 11.8. The molecule has 6 nitrogen and oxygen atoms in total. The molecule has 7 heteroatoms. The van der Waals surface area contributed by atoms with E-state index in [0.29, 0.717) is 32.5 Å². The van der Waals surface area contributed by atoms with Crippen LogP contribution in [0.2, 0.25) is 0 Å². The van der Waals surface area contributed by atoms with E-state index in [0.717, 1.165) is 19.4 Å². The average molecular weight is 292 g/mol. The number of likely N-dealkylation sites (tertiary alicyclic amines) is 1. The van der Waals surface area contributed by atoms with Gasteiger partial charge in [-0.15, -0.1) is 12.4 Å². The van der Waals surface area contributed by atoms with E-state index < -0.39 is 11.9 Å². The third-order valence-corrected chi connectivity index (χ3v) is 3.56. The summed E-state index contributed by atoms with van der Waals surface area (Å²) in [5.41, 5.74) is 5.35. The van der Waals surface area contributed by atoms with Crippen LogP contribution in [0.15, 0.2) is 0 Å². The number of halogens is 1. The van der Waals surface area contributed by atoms with Crippen LogP contribution in [0.4, 0.5) is 0 Å². The minimum Gasteiger partial charge on any atom is -0.375 e. The number of primary amides is 1. The van der Waals surface area contributed by atoms with Gasteiger partial charge in [-0.1, -0.05) is 0 Å². The molecule has 2 atom stereocenters. The van der Waals surface area contributed by atoms with Gasteiger partial charge >= 0.3 is 0 Å². The van der Waals surface area contributed by atoms with Gasteiger partial charge in [0.05, 0.1) is 19.1 Å². The third kappa shape index (κ3) is 4.33. The van der Waals surface area contributed by atoms with Crippen molar-refractivity contribution in [2.45, 2.75) is 37.8 Å². The van der Waals surface area contributed by atoms with E-state index in [1.165, 1.54) is 0 Å². The van der Waals surface area contributed by atoms with Crippen molar-refractivity contribution in [2.24, 2.45) is 5.73 Å². The van der Waals surface area contributed by atoms with Crippen LogP contribution < -0.4 is 11.1 Å². The number of hydrogen-bond donors (Lipinski definition) is 2. The molecule has 2 unspecified atom stereocenters. The fraction of sp³-hybridized carbons (Fsp3) is 0.833. The van der Waals surface area contributed by atoms with E-state index in [2.05, 4.69) is 5.32 Å². The van der Waals surface area contributed by atoms with Gasteiger partial charge in [0.2, 0.25) is 11.8 Å². The number of ether oxygens (including phenoxy) is 1. The Morgan fingerprint density at radius 1 is 1.37 bits per heavy atom. The predicted octanol–water partition coefficient (Wildman–Crippen LogP) is -0.347. The average Bonchev–Trinajstić information content (AvgIpc) is 2.40. The van der Waals surface area contributed by atoms with Gasteiger partial charge in [0.25, 0.3) is 0 Å².